The predicted molar refractivity (Wildman–Crippen MR) is 86.1 cm³/mol. The maximum Gasteiger partial charge on any atom is 0.219 e. The minimum absolute atomic E-state index is 0.182. The van der Waals surface area contributed by atoms with Crippen molar-refractivity contribution in [2.45, 2.75) is 24.0 Å². The molecular formula is C16H24N2O3S. The molecule has 22 heavy (non-hydrogen) atoms. The quantitative estimate of drug-likeness (QED) is 0.902. The summed E-state index contributed by atoms with van der Waals surface area (Å²) in [6.45, 7) is 2.55. The van der Waals surface area contributed by atoms with Gasteiger partial charge in [-0.3, -0.25) is 0 Å². The second-order valence-corrected chi connectivity index (χ2v) is 8.43. The van der Waals surface area contributed by atoms with Crippen LogP contribution in [0.15, 0.2) is 30.3 Å². The van der Waals surface area contributed by atoms with Crippen molar-refractivity contribution in [2.75, 3.05) is 32.8 Å². The van der Waals surface area contributed by atoms with Gasteiger partial charge in [-0.15, -0.1) is 0 Å². The van der Waals surface area contributed by atoms with Gasteiger partial charge >= 0.3 is 0 Å². The highest BCUT2D eigenvalue weighted by Gasteiger charge is 2.42. The number of nitrogens with zero attached hydrogens (tertiary/aromatic N) is 1. The number of nitrogens with two attached hydrogens (primary N) is 1. The van der Waals surface area contributed by atoms with E-state index in [1.54, 1.807) is 4.31 Å². The number of hydrogen-bond acceptors (Lipinski definition) is 4. The Morgan fingerprint density at radius 1 is 1.23 bits per heavy atom. The SMILES string of the molecule is NC[C@@H]1CN(S(=O)(=O)C2CCCOC2)C[C@H]1c1ccccc1. The van der Waals surface area contributed by atoms with Crippen molar-refractivity contribution in [2.24, 2.45) is 11.7 Å². The molecule has 2 aliphatic heterocycles. The molecule has 5 nitrogen and oxygen atoms in total. The Balaban J connectivity index is 1.79. The molecule has 2 N–H and O–H groups in total. The van der Waals surface area contributed by atoms with Gasteiger partial charge in [0.15, 0.2) is 0 Å². The molecule has 6 heteroatoms. The summed E-state index contributed by atoms with van der Waals surface area (Å²) < 4.78 is 32.7. The van der Waals surface area contributed by atoms with Crippen molar-refractivity contribution in [1.29, 1.82) is 0 Å². The molecule has 0 saturated carbocycles. The normalized spacial score (nSPS) is 30.5. The highest BCUT2D eigenvalue weighted by Crippen LogP contribution is 2.35. The van der Waals surface area contributed by atoms with Gasteiger partial charge in [0, 0.05) is 25.6 Å². The molecule has 1 unspecified atom stereocenters. The molecule has 0 spiro atoms. The van der Waals surface area contributed by atoms with Gasteiger partial charge in [-0.2, -0.15) is 0 Å². The van der Waals surface area contributed by atoms with Gasteiger partial charge in [0.25, 0.3) is 0 Å². The summed E-state index contributed by atoms with van der Waals surface area (Å²) in [6.07, 6.45) is 1.52. The van der Waals surface area contributed by atoms with Crippen LogP contribution >= 0.6 is 0 Å². The Labute approximate surface area is 132 Å². The molecule has 2 saturated heterocycles. The number of hydrogen-bond donors (Lipinski definition) is 1. The molecule has 3 rings (SSSR count). The molecule has 0 amide bonds. The maximum atomic E-state index is 12.8. The van der Waals surface area contributed by atoms with E-state index in [-0.39, 0.29) is 11.8 Å². The second kappa shape index (κ2) is 6.66. The summed E-state index contributed by atoms with van der Waals surface area (Å²) in [4.78, 5) is 0. The standard InChI is InChI=1S/C16H24N2O3S/c17-9-14-10-18(11-16(14)13-5-2-1-3-6-13)22(19,20)15-7-4-8-21-12-15/h1-3,5-6,14-16H,4,7-12,17H2/t14-,15?,16+/m1/s1. The fourth-order valence-electron chi connectivity index (χ4n) is 3.51. The fraction of sp³-hybridized carbons (Fsp3) is 0.625. The van der Waals surface area contributed by atoms with Crippen LogP contribution in [0.1, 0.15) is 24.3 Å². The fourth-order valence-corrected chi connectivity index (χ4v) is 5.44. The number of sulfonamides is 1. The molecule has 3 atom stereocenters. The second-order valence-electron chi connectivity index (χ2n) is 6.21. The zero-order chi connectivity index (χ0) is 15.6. The van der Waals surface area contributed by atoms with Crippen LogP contribution in [-0.2, 0) is 14.8 Å². The van der Waals surface area contributed by atoms with Crippen molar-refractivity contribution in [1.82, 2.24) is 4.31 Å². The topological polar surface area (TPSA) is 72.6 Å². The van der Waals surface area contributed by atoms with E-state index in [2.05, 4.69) is 12.1 Å². The Kier molecular flexibility index (Phi) is 4.82. The minimum atomic E-state index is -3.29. The van der Waals surface area contributed by atoms with Gasteiger partial charge in [-0.1, -0.05) is 30.3 Å². The van der Waals surface area contributed by atoms with Crippen LogP contribution in [0.4, 0.5) is 0 Å². The van der Waals surface area contributed by atoms with Crippen molar-refractivity contribution in [3.8, 4) is 0 Å². The average Bonchev–Trinajstić information content (AvgIpc) is 3.01. The van der Waals surface area contributed by atoms with Gasteiger partial charge in [-0.05, 0) is 30.9 Å². The number of ether oxygens (including phenoxy) is 1. The molecule has 2 fully saturated rings. The zero-order valence-corrected chi connectivity index (χ0v) is 13.5. The van der Waals surface area contributed by atoms with E-state index >= 15 is 0 Å². The Morgan fingerprint density at radius 3 is 2.64 bits per heavy atom. The van der Waals surface area contributed by atoms with E-state index in [0.29, 0.717) is 39.3 Å². The highest BCUT2D eigenvalue weighted by molar-refractivity contribution is 7.89. The van der Waals surface area contributed by atoms with Crippen molar-refractivity contribution in [3.63, 3.8) is 0 Å². The van der Waals surface area contributed by atoms with Crippen molar-refractivity contribution >= 4 is 10.0 Å². The van der Waals surface area contributed by atoms with Crippen LogP contribution in [0.25, 0.3) is 0 Å². The predicted octanol–water partition coefficient (Wildman–Crippen LogP) is 1.17. The van der Waals surface area contributed by atoms with Crippen LogP contribution in [0, 0.1) is 5.92 Å². The largest absolute Gasteiger partial charge is 0.380 e. The van der Waals surface area contributed by atoms with Crippen LogP contribution in [0.5, 0.6) is 0 Å². The summed E-state index contributed by atoms with van der Waals surface area (Å²) in [7, 11) is -3.29. The zero-order valence-electron chi connectivity index (χ0n) is 12.7. The number of rotatable bonds is 4. The van der Waals surface area contributed by atoms with E-state index in [1.165, 1.54) is 5.56 Å². The van der Waals surface area contributed by atoms with Crippen molar-refractivity contribution < 1.29 is 13.2 Å². The molecule has 2 heterocycles. The average molecular weight is 324 g/mol. The summed E-state index contributed by atoms with van der Waals surface area (Å²) in [6, 6.07) is 10.1. The lowest BCUT2D eigenvalue weighted by Crippen LogP contribution is -2.41. The summed E-state index contributed by atoms with van der Waals surface area (Å²) in [5.74, 6) is 0.368. The first-order valence-corrected chi connectivity index (χ1v) is 9.45. The molecule has 2 aliphatic rings. The van der Waals surface area contributed by atoms with Gasteiger partial charge in [0.05, 0.1) is 11.9 Å². The van der Waals surface area contributed by atoms with Crippen LogP contribution in [0.3, 0.4) is 0 Å². The molecule has 0 radical (unpaired) electrons. The van der Waals surface area contributed by atoms with Crippen molar-refractivity contribution in [3.05, 3.63) is 35.9 Å². The number of benzene rings is 1. The first-order valence-electron chi connectivity index (χ1n) is 7.94. The third-order valence-electron chi connectivity index (χ3n) is 4.84. The van der Waals surface area contributed by atoms with E-state index in [0.717, 1.165) is 6.42 Å². The highest BCUT2D eigenvalue weighted by atomic mass is 32.2. The lowest BCUT2D eigenvalue weighted by atomic mass is 9.89. The summed E-state index contributed by atoms with van der Waals surface area (Å²) >= 11 is 0. The Morgan fingerprint density at radius 2 is 2.00 bits per heavy atom. The Hall–Kier alpha value is -0.950. The van der Waals surface area contributed by atoms with Gasteiger partial charge in [0.1, 0.15) is 0 Å². The molecule has 0 bridgehead atoms. The van der Waals surface area contributed by atoms with Gasteiger partial charge in [-0.25, -0.2) is 12.7 Å². The molecular weight excluding hydrogens is 300 g/mol. The molecule has 0 aliphatic carbocycles. The van der Waals surface area contributed by atoms with Crippen LogP contribution in [0.2, 0.25) is 0 Å². The van der Waals surface area contributed by atoms with Crippen LogP contribution < -0.4 is 5.73 Å². The smallest absolute Gasteiger partial charge is 0.219 e. The molecule has 1 aromatic rings. The third-order valence-corrected chi connectivity index (χ3v) is 7.07. The first kappa shape index (κ1) is 15.9. The van der Waals surface area contributed by atoms with E-state index < -0.39 is 15.3 Å². The summed E-state index contributed by atoms with van der Waals surface area (Å²) in [5.41, 5.74) is 7.08. The lowest BCUT2D eigenvalue weighted by molar-refractivity contribution is 0.0977. The van der Waals surface area contributed by atoms with E-state index in [1.807, 2.05) is 18.2 Å². The van der Waals surface area contributed by atoms with E-state index in [9.17, 15) is 8.42 Å². The molecule has 122 valence electrons. The Bertz CT molecular complexity index is 585. The van der Waals surface area contributed by atoms with Gasteiger partial charge in [0.2, 0.25) is 10.0 Å². The lowest BCUT2D eigenvalue weighted by Gasteiger charge is -2.27. The van der Waals surface area contributed by atoms with E-state index in [4.69, 9.17) is 10.5 Å². The molecule has 0 aromatic heterocycles. The minimum Gasteiger partial charge on any atom is -0.380 e. The first-order chi connectivity index (χ1) is 10.6. The maximum absolute atomic E-state index is 12.8. The molecule has 1 aromatic carbocycles. The third kappa shape index (κ3) is 3.06. The van der Waals surface area contributed by atoms with Gasteiger partial charge < -0.3 is 10.5 Å². The summed E-state index contributed by atoms with van der Waals surface area (Å²) in [5, 5.41) is -0.394. The van der Waals surface area contributed by atoms with Crippen LogP contribution in [-0.4, -0.2) is 50.8 Å². The monoisotopic (exact) mass is 324 g/mol.